The normalized spacial score (nSPS) is 15.9. The topological polar surface area (TPSA) is 88.3 Å². The molecular weight excluding hydrogens is 411 g/mol. The standard InChI is InChI=1S/C18H19ClN4O2.2ClH/c19-14-6-7-16(21-10-14)22-17(24)13-4-2-8-23(11-13)18(25)12-3-1-5-15(20)9-12;;/h1,3,5-7,9-10,13H,2,4,8,11,20H2,(H,21,22,24);2*1H. The van der Waals surface area contributed by atoms with Crippen LogP contribution in [0.5, 0.6) is 0 Å². The molecule has 0 aliphatic carbocycles. The first-order valence-electron chi connectivity index (χ1n) is 8.10. The summed E-state index contributed by atoms with van der Waals surface area (Å²) in [7, 11) is 0. The second-order valence-corrected chi connectivity index (χ2v) is 6.50. The third-order valence-corrected chi connectivity index (χ3v) is 4.42. The largest absolute Gasteiger partial charge is 0.399 e. The number of rotatable bonds is 3. The van der Waals surface area contributed by atoms with E-state index in [1.807, 2.05) is 0 Å². The summed E-state index contributed by atoms with van der Waals surface area (Å²) in [5, 5.41) is 3.29. The van der Waals surface area contributed by atoms with Crippen molar-refractivity contribution in [2.45, 2.75) is 12.8 Å². The zero-order chi connectivity index (χ0) is 17.8. The van der Waals surface area contributed by atoms with Gasteiger partial charge >= 0.3 is 0 Å². The van der Waals surface area contributed by atoms with E-state index in [0.29, 0.717) is 35.2 Å². The predicted molar refractivity (Wildman–Crippen MR) is 112 cm³/mol. The molecule has 0 radical (unpaired) electrons. The molecule has 1 aromatic carbocycles. The molecule has 1 aliphatic rings. The molecule has 1 aliphatic heterocycles. The molecule has 1 atom stereocenters. The summed E-state index contributed by atoms with van der Waals surface area (Å²) in [6, 6.07) is 10.2. The highest BCUT2D eigenvalue weighted by Crippen LogP contribution is 2.21. The Kier molecular flexibility index (Phi) is 8.82. The molecule has 1 aromatic heterocycles. The van der Waals surface area contributed by atoms with Crippen LogP contribution >= 0.6 is 36.4 Å². The fourth-order valence-corrected chi connectivity index (χ4v) is 3.02. The summed E-state index contributed by atoms with van der Waals surface area (Å²) in [6.45, 7) is 1.02. The van der Waals surface area contributed by atoms with Crippen LogP contribution in [0.25, 0.3) is 0 Å². The van der Waals surface area contributed by atoms with Gasteiger partial charge in [0.2, 0.25) is 5.91 Å². The highest BCUT2D eigenvalue weighted by Gasteiger charge is 2.29. The minimum atomic E-state index is -0.267. The molecule has 6 nitrogen and oxygen atoms in total. The Bertz CT molecular complexity index is 786. The number of amides is 2. The number of nitrogens with zero attached hydrogens (tertiary/aromatic N) is 2. The van der Waals surface area contributed by atoms with Crippen molar-refractivity contribution in [2.24, 2.45) is 5.92 Å². The van der Waals surface area contributed by atoms with E-state index in [9.17, 15) is 9.59 Å². The fraction of sp³-hybridized carbons (Fsp3) is 0.278. The molecule has 0 bridgehead atoms. The predicted octanol–water partition coefficient (Wildman–Crippen LogP) is 3.65. The van der Waals surface area contributed by atoms with Gasteiger partial charge in [-0.25, -0.2) is 4.98 Å². The maximum absolute atomic E-state index is 12.6. The van der Waals surface area contributed by atoms with Gasteiger partial charge in [0.05, 0.1) is 10.9 Å². The van der Waals surface area contributed by atoms with Crippen molar-refractivity contribution in [3.05, 3.63) is 53.2 Å². The van der Waals surface area contributed by atoms with Gasteiger partial charge in [0, 0.05) is 30.5 Å². The Morgan fingerprint density at radius 3 is 2.67 bits per heavy atom. The number of nitrogen functional groups attached to an aromatic ring is 1. The molecular formula is C18H21Cl3N4O2. The average Bonchev–Trinajstić information content (AvgIpc) is 2.63. The fourth-order valence-electron chi connectivity index (χ4n) is 2.91. The SMILES string of the molecule is Cl.Cl.Nc1cccc(C(=O)N2CCCC(C(=O)Nc3ccc(Cl)cn3)C2)c1. The molecule has 3 rings (SSSR count). The van der Waals surface area contributed by atoms with Crippen molar-refractivity contribution in [3.63, 3.8) is 0 Å². The van der Waals surface area contributed by atoms with Crippen molar-refractivity contribution in [1.82, 2.24) is 9.88 Å². The maximum atomic E-state index is 12.6. The Labute approximate surface area is 175 Å². The van der Waals surface area contributed by atoms with Crippen LogP contribution in [0.2, 0.25) is 5.02 Å². The minimum absolute atomic E-state index is 0. The molecule has 1 unspecified atom stereocenters. The van der Waals surface area contributed by atoms with Gasteiger partial charge in [0.15, 0.2) is 0 Å². The second kappa shape index (κ2) is 10.3. The molecule has 2 heterocycles. The summed E-state index contributed by atoms with van der Waals surface area (Å²) in [5.41, 5.74) is 6.84. The van der Waals surface area contributed by atoms with Crippen molar-refractivity contribution in [1.29, 1.82) is 0 Å². The Hall–Kier alpha value is -2.02. The van der Waals surface area contributed by atoms with Gasteiger partial charge in [-0.05, 0) is 43.2 Å². The number of pyridine rings is 1. The third-order valence-electron chi connectivity index (χ3n) is 4.19. The van der Waals surface area contributed by atoms with Crippen molar-refractivity contribution < 1.29 is 9.59 Å². The van der Waals surface area contributed by atoms with Crippen LogP contribution in [-0.2, 0) is 4.79 Å². The highest BCUT2D eigenvalue weighted by atomic mass is 35.5. The first kappa shape index (κ1) is 23.0. The number of aromatic nitrogens is 1. The number of carbonyl (C=O) groups is 2. The van der Waals surface area contributed by atoms with Gasteiger partial charge in [-0.1, -0.05) is 17.7 Å². The number of carbonyl (C=O) groups excluding carboxylic acids is 2. The van der Waals surface area contributed by atoms with Crippen molar-refractivity contribution in [3.8, 4) is 0 Å². The summed E-state index contributed by atoms with van der Waals surface area (Å²) >= 11 is 5.79. The monoisotopic (exact) mass is 430 g/mol. The lowest BCUT2D eigenvalue weighted by molar-refractivity contribution is -0.121. The lowest BCUT2D eigenvalue weighted by Gasteiger charge is -2.32. The number of nitrogens with two attached hydrogens (primary N) is 1. The van der Waals surface area contributed by atoms with Crippen LogP contribution in [0.4, 0.5) is 11.5 Å². The van der Waals surface area contributed by atoms with E-state index in [0.717, 1.165) is 12.8 Å². The Balaban J connectivity index is 0.00000182. The number of halogens is 3. The van der Waals surface area contributed by atoms with E-state index in [1.165, 1.54) is 6.20 Å². The lowest BCUT2D eigenvalue weighted by atomic mass is 9.96. The molecule has 146 valence electrons. The molecule has 1 saturated heterocycles. The van der Waals surface area contributed by atoms with Gasteiger partial charge in [-0.2, -0.15) is 0 Å². The molecule has 0 spiro atoms. The van der Waals surface area contributed by atoms with Gasteiger partial charge in [0.1, 0.15) is 5.82 Å². The van der Waals surface area contributed by atoms with E-state index < -0.39 is 0 Å². The minimum Gasteiger partial charge on any atom is -0.399 e. The van der Waals surface area contributed by atoms with Gasteiger partial charge in [0.25, 0.3) is 5.91 Å². The summed E-state index contributed by atoms with van der Waals surface area (Å²) < 4.78 is 0. The van der Waals surface area contributed by atoms with E-state index >= 15 is 0 Å². The number of piperidine rings is 1. The number of hydrogen-bond acceptors (Lipinski definition) is 4. The second-order valence-electron chi connectivity index (χ2n) is 6.07. The van der Waals surface area contributed by atoms with Crippen molar-refractivity contribution >= 4 is 59.7 Å². The van der Waals surface area contributed by atoms with Crippen LogP contribution < -0.4 is 11.1 Å². The summed E-state index contributed by atoms with van der Waals surface area (Å²) in [5.74, 6) is -0.0563. The number of benzene rings is 1. The Morgan fingerprint density at radius 2 is 2.00 bits per heavy atom. The summed E-state index contributed by atoms with van der Waals surface area (Å²) in [6.07, 6.45) is 2.99. The number of anilines is 2. The molecule has 2 aromatic rings. The zero-order valence-corrected chi connectivity index (χ0v) is 16.8. The van der Waals surface area contributed by atoms with Crippen LogP contribution in [0.15, 0.2) is 42.6 Å². The van der Waals surface area contributed by atoms with Crippen LogP contribution in [0.3, 0.4) is 0 Å². The van der Waals surface area contributed by atoms with E-state index in [1.54, 1.807) is 41.3 Å². The van der Waals surface area contributed by atoms with Gasteiger partial charge < -0.3 is 16.0 Å². The van der Waals surface area contributed by atoms with Crippen LogP contribution in [0.1, 0.15) is 23.2 Å². The van der Waals surface area contributed by atoms with Crippen LogP contribution in [-0.4, -0.2) is 34.8 Å². The van der Waals surface area contributed by atoms with Crippen LogP contribution in [0, 0.1) is 5.92 Å². The van der Waals surface area contributed by atoms with Gasteiger partial charge in [-0.15, -0.1) is 24.8 Å². The van der Waals surface area contributed by atoms with E-state index in [2.05, 4.69) is 10.3 Å². The Morgan fingerprint density at radius 1 is 1.22 bits per heavy atom. The quantitative estimate of drug-likeness (QED) is 0.726. The number of hydrogen-bond donors (Lipinski definition) is 2. The number of likely N-dealkylation sites (tertiary alicyclic amines) is 1. The molecule has 9 heteroatoms. The average molecular weight is 432 g/mol. The molecule has 2 amide bonds. The highest BCUT2D eigenvalue weighted by molar-refractivity contribution is 6.30. The summed E-state index contributed by atoms with van der Waals surface area (Å²) in [4.78, 5) is 30.9. The lowest BCUT2D eigenvalue weighted by Crippen LogP contribution is -2.43. The first-order chi connectivity index (χ1) is 12.0. The molecule has 3 N–H and O–H groups in total. The molecule has 1 fully saturated rings. The van der Waals surface area contributed by atoms with Crippen molar-refractivity contribution in [2.75, 3.05) is 24.1 Å². The van der Waals surface area contributed by atoms with Gasteiger partial charge in [-0.3, -0.25) is 9.59 Å². The maximum Gasteiger partial charge on any atom is 0.253 e. The first-order valence-corrected chi connectivity index (χ1v) is 8.48. The smallest absolute Gasteiger partial charge is 0.253 e. The van der Waals surface area contributed by atoms with E-state index in [4.69, 9.17) is 17.3 Å². The molecule has 27 heavy (non-hydrogen) atoms. The third kappa shape index (κ3) is 5.99. The zero-order valence-electron chi connectivity index (χ0n) is 14.4. The molecule has 0 saturated carbocycles. The number of nitrogens with one attached hydrogen (secondary N) is 1. The van der Waals surface area contributed by atoms with E-state index in [-0.39, 0.29) is 42.5 Å².